The van der Waals surface area contributed by atoms with Crippen LogP contribution in [0, 0.1) is 0 Å². The third-order valence-electron chi connectivity index (χ3n) is 1.53. The number of ether oxygens (including phenoxy) is 1. The molecule has 3 heteroatoms. The summed E-state index contributed by atoms with van der Waals surface area (Å²) in [7, 11) is 1.58. The molecule has 0 atom stereocenters. The van der Waals surface area contributed by atoms with Crippen LogP contribution in [0.25, 0.3) is 6.08 Å². The van der Waals surface area contributed by atoms with E-state index in [9.17, 15) is 0 Å². The molecule has 1 aromatic heterocycles. The van der Waals surface area contributed by atoms with Gasteiger partial charge in [-0.05, 0) is 11.6 Å². The van der Waals surface area contributed by atoms with Gasteiger partial charge in [0.25, 0.3) is 0 Å². The average molecular weight is 164 g/mol. The van der Waals surface area contributed by atoms with Crippen LogP contribution >= 0.6 is 0 Å². The molecule has 12 heavy (non-hydrogen) atoms. The molecule has 0 fully saturated rings. The molecule has 0 spiro atoms. The molecule has 0 bridgehead atoms. The Morgan fingerprint density at radius 3 is 2.92 bits per heavy atom. The van der Waals surface area contributed by atoms with Crippen LogP contribution < -0.4 is 10.5 Å². The molecular weight excluding hydrogens is 152 g/mol. The zero-order valence-corrected chi connectivity index (χ0v) is 7.08. The maximum atomic E-state index is 5.44. The van der Waals surface area contributed by atoms with Crippen molar-refractivity contribution in [3.63, 3.8) is 0 Å². The van der Waals surface area contributed by atoms with Gasteiger partial charge in [-0.25, -0.2) is 4.98 Å². The highest BCUT2D eigenvalue weighted by Gasteiger charge is 1.98. The van der Waals surface area contributed by atoms with Crippen LogP contribution in [0.4, 0.5) is 0 Å². The molecule has 3 nitrogen and oxygen atoms in total. The van der Waals surface area contributed by atoms with Crippen molar-refractivity contribution >= 4 is 6.08 Å². The summed E-state index contributed by atoms with van der Waals surface area (Å²) in [5.41, 5.74) is 7.23. The summed E-state index contributed by atoms with van der Waals surface area (Å²) in [6, 6.07) is 3.70. The van der Waals surface area contributed by atoms with Crippen molar-refractivity contribution in [3.05, 3.63) is 30.0 Å². The van der Waals surface area contributed by atoms with Crippen LogP contribution in [0.15, 0.2) is 18.7 Å². The predicted octanol–water partition coefficient (Wildman–Crippen LogP) is 1.19. The van der Waals surface area contributed by atoms with Crippen LogP contribution in [0.5, 0.6) is 5.88 Å². The maximum Gasteiger partial charge on any atom is 0.213 e. The SMILES string of the molecule is C=Cc1cc(CN)nc(OC)c1. The normalized spacial score (nSPS) is 9.50. The molecule has 0 radical (unpaired) electrons. The molecule has 2 N–H and O–H groups in total. The van der Waals surface area contributed by atoms with Gasteiger partial charge in [0.1, 0.15) is 0 Å². The number of methoxy groups -OCH3 is 1. The second-order valence-corrected chi connectivity index (χ2v) is 2.34. The third-order valence-corrected chi connectivity index (χ3v) is 1.53. The lowest BCUT2D eigenvalue weighted by Crippen LogP contribution is -2.01. The van der Waals surface area contributed by atoms with E-state index in [1.807, 2.05) is 12.1 Å². The Hall–Kier alpha value is -1.35. The molecule has 0 aliphatic carbocycles. The van der Waals surface area contributed by atoms with Gasteiger partial charge in [-0.2, -0.15) is 0 Å². The summed E-state index contributed by atoms with van der Waals surface area (Å²) in [4.78, 5) is 4.12. The minimum absolute atomic E-state index is 0.415. The first-order chi connectivity index (χ1) is 5.80. The van der Waals surface area contributed by atoms with Crippen molar-refractivity contribution in [2.75, 3.05) is 7.11 Å². The summed E-state index contributed by atoms with van der Waals surface area (Å²) in [6.07, 6.45) is 1.74. The first kappa shape index (κ1) is 8.74. The smallest absolute Gasteiger partial charge is 0.213 e. The Labute approximate surface area is 71.9 Å². The lowest BCUT2D eigenvalue weighted by atomic mass is 10.2. The number of nitrogens with two attached hydrogens (primary N) is 1. The number of hydrogen-bond acceptors (Lipinski definition) is 3. The number of pyridine rings is 1. The number of hydrogen-bond donors (Lipinski definition) is 1. The summed E-state index contributed by atoms with van der Waals surface area (Å²) in [5.74, 6) is 0.577. The van der Waals surface area contributed by atoms with Crippen molar-refractivity contribution in [1.82, 2.24) is 4.98 Å². The van der Waals surface area contributed by atoms with E-state index in [0.29, 0.717) is 12.4 Å². The Morgan fingerprint density at radius 1 is 1.67 bits per heavy atom. The van der Waals surface area contributed by atoms with Crippen LogP contribution in [0.3, 0.4) is 0 Å². The van der Waals surface area contributed by atoms with Crippen molar-refractivity contribution in [3.8, 4) is 5.88 Å². The molecule has 0 aliphatic heterocycles. The van der Waals surface area contributed by atoms with Gasteiger partial charge in [0, 0.05) is 12.6 Å². The van der Waals surface area contributed by atoms with Crippen molar-refractivity contribution in [2.24, 2.45) is 5.73 Å². The lowest BCUT2D eigenvalue weighted by Gasteiger charge is -2.03. The molecule has 0 aromatic carbocycles. The molecule has 1 rings (SSSR count). The van der Waals surface area contributed by atoms with E-state index in [4.69, 9.17) is 10.5 Å². The van der Waals surface area contributed by atoms with Gasteiger partial charge in [0.05, 0.1) is 12.8 Å². The summed E-state index contributed by atoms with van der Waals surface area (Å²) in [5, 5.41) is 0. The van der Waals surface area contributed by atoms with Crippen molar-refractivity contribution < 1.29 is 4.74 Å². The third kappa shape index (κ3) is 1.83. The molecule has 0 saturated heterocycles. The minimum atomic E-state index is 0.415. The standard InChI is InChI=1S/C9H12N2O/c1-3-7-4-8(6-10)11-9(5-7)12-2/h3-5H,1,6,10H2,2H3. The van der Waals surface area contributed by atoms with Crippen molar-refractivity contribution in [1.29, 1.82) is 0 Å². The van der Waals surface area contributed by atoms with Crippen LogP contribution in [-0.4, -0.2) is 12.1 Å². The maximum absolute atomic E-state index is 5.44. The van der Waals surface area contributed by atoms with E-state index in [1.54, 1.807) is 13.2 Å². The Kier molecular flexibility index (Phi) is 2.82. The minimum Gasteiger partial charge on any atom is -0.481 e. The Bertz CT molecular complexity index is 262. The van der Waals surface area contributed by atoms with Crippen LogP contribution in [0.1, 0.15) is 11.3 Å². The van der Waals surface area contributed by atoms with E-state index in [1.165, 1.54) is 0 Å². The molecule has 1 aromatic rings. The highest BCUT2D eigenvalue weighted by molar-refractivity contribution is 5.48. The first-order valence-electron chi connectivity index (χ1n) is 3.67. The van der Waals surface area contributed by atoms with Gasteiger partial charge in [-0.15, -0.1) is 0 Å². The fourth-order valence-electron chi connectivity index (χ4n) is 0.910. The summed E-state index contributed by atoms with van der Waals surface area (Å²) < 4.78 is 4.98. The molecule has 0 unspecified atom stereocenters. The van der Waals surface area contributed by atoms with Gasteiger partial charge in [-0.3, -0.25) is 0 Å². The predicted molar refractivity (Wildman–Crippen MR) is 48.8 cm³/mol. The van der Waals surface area contributed by atoms with E-state index in [-0.39, 0.29) is 0 Å². The fraction of sp³-hybridized carbons (Fsp3) is 0.222. The Balaban J connectivity index is 3.09. The van der Waals surface area contributed by atoms with Crippen LogP contribution in [-0.2, 0) is 6.54 Å². The molecule has 0 amide bonds. The lowest BCUT2D eigenvalue weighted by molar-refractivity contribution is 0.396. The first-order valence-corrected chi connectivity index (χ1v) is 3.67. The van der Waals surface area contributed by atoms with Gasteiger partial charge < -0.3 is 10.5 Å². The van der Waals surface area contributed by atoms with Gasteiger partial charge >= 0.3 is 0 Å². The zero-order chi connectivity index (χ0) is 8.97. The second kappa shape index (κ2) is 3.88. The van der Waals surface area contributed by atoms with Gasteiger partial charge in [0.2, 0.25) is 5.88 Å². The van der Waals surface area contributed by atoms with Gasteiger partial charge in [-0.1, -0.05) is 12.7 Å². The average Bonchev–Trinajstić information content (AvgIpc) is 2.16. The van der Waals surface area contributed by atoms with Crippen molar-refractivity contribution in [2.45, 2.75) is 6.54 Å². The zero-order valence-electron chi connectivity index (χ0n) is 7.08. The van der Waals surface area contributed by atoms with E-state index in [2.05, 4.69) is 11.6 Å². The number of rotatable bonds is 3. The van der Waals surface area contributed by atoms with Gasteiger partial charge in [0.15, 0.2) is 0 Å². The van der Waals surface area contributed by atoms with E-state index < -0.39 is 0 Å². The Morgan fingerprint density at radius 2 is 2.42 bits per heavy atom. The highest BCUT2D eigenvalue weighted by Crippen LogP contribution is 2.12. The summed E-state index contributed by atoms with van der Waals surface area (Å²) >= 11 is 0. The van der Waals surface area contributed by atoms with E-state index in [0.717, 1.165) is 11.3 Å². The topological polar surface area (TPSA) is 48.1 Å². The molecular formula is C9H12N2O. The quantitative estimate of drug-likeness (QED) is 0.730. The monoisotopic (exact) mass is 164 g/mol. The van der Waals surface area contributed by atoms with Crippen LogP contribution in [0.2, 0.25) is 0 Å². The number of nitrogens with zero attached hydrogens (tertiary/aromatic N) is 1. The molecule has 0 saturated carbocycles. The largest absolute Gasteiger partial charge is 0.481 e. The molecule has 64 valence electrons. The fourth-order valence-corrected chi connectivity index (χ4v) is 0.910. The molecule has 1 heterocycles. The second-order valence-electron chi connectivity index (χ2n) is 2.34. The van der Waals surface area contributed by atoms with E-state index >= 15 is 0 Å². The molecule has 0 aliphatic rings. The summed E-state index contributed by atoms with van der Waals surface area (Å²) in [6.45, 7) is 4.07. The number of aromatic nitrogens is 1. The highest BCUT2D eigenvalue weighted by atomic mass is 16.5.